The second-order valence-electron chi connectivity index (χ2n) is 3.80. The third kappa shape index (κ3) is 3.51. The van der Waals surface area contributed by atoms with Crippen LogP contribution in [0, 0.1) is 0 Å². The van der Waals surface area contributed by atoms with Gasteiger partial charge in [-0.15, -0.1) is 0 Å². The number of nitrogens with zero attached hydrogens (tertiary/aromatic N) is 2. The van der Waals surface area contributed by atoms with Gasteiger partial charge in [-0.2, -0.15) is 0 Å². The fourth-order valence-corrected chi connectivity index (χ4v) is 1.89. The van der Waals surface area contributed by atoms with E-state index in [1.807, 2.05) is 5.48 Å². The van der Waals surface area contributed by atoms with Gasteiger partial charge in [0.25, 0.3) is 0 Å². The molecular formula is C9H20N4O. The predicted octanol–water partition coefficient (Wildman–Crippen LogP) is 0.154. The SMILES string of the molecule is CN(CCN=C(N)NO)C1CCCC1. The molecule has 0 aromatic heterocycles. The van der Waals surface area contributed by atoms with E-state index < -0.39 is 0 Å². The van der Waals surface area contributed by atoms with Crippen molar-refractivity contribution in [2.24, 2.45) is 10.7 Å². The zero-order valence-electron chi connectivity index (χ0n) is 8.74. The summed E-state index contributed by atoms with van der Waals surface area (Å²) in [5.74, 6) is 0.0878. The zero-order chi connectivity index (χ0) is 10.4. The number of hydroxylamine groups is 1. The Hall–Kier alpha value is -0.810. The standard InChI is InChI=1S/C9H20N4O/c1-13(8-4-2-3-5-8)7-6-11-9(10)12-14/h8,14H,2-7H2,1H3,(H3,10,11,12). The lowest BCUT2D eigenvalue weighted by atomic mass is 10.2. The first-order chi connectivity index (χ1) is 6.74. The van der Waals surface area contributed by atoms with Crippen molar-refractivity contribution in [3.8, 4) is 0 Å². The quantitative estimate of drug-likeness (QED) is 0.343. The summed E-state index contributed by atoms with van der Waals surface area (Å²) in [6.07, 6.45) is 5.29. The Morgan fingerprint density at radius 3 is 2.79 bits per heavy atom. The van der Waals surface area contributed by atoms with Crippen molar-refractivity contribution in [2.75, 3.05) is 20.1 Å². The Labute approximate surface area is 84.9 Å². The molecule has 0 unspecified atom stereocenters. The number of hydrogen-bond acceptors (Lipinski definition) is 3. The highest BCUT2D eigenvalue weighted by Gasteiger charge is 2.18. The molecular weight excluding hydrogens is 180 g/mol. The van der Waals surface area contributed by atoms with Crippen molar-refractivity contribution in [3.63, 3.8) is 0 Å². The highest BCUT2D eigenvalue weighted by Crippen LogP contribution is 2.21. The van der Waals surface area contributed by atoms with Crippen molar-refractivity contribution in [2.45, 2.75) is 31.7 Å². The largest absolute Gasteiger partial charge is 0.368 e. The van der Waals surface area contributed by atoms with E-state index in [4.69, 9.17) is 10.9 Å². The summed E-state index contributed by atoms with van der Waals surface area (Å²) in [7, 11) is 2.12. The lowest BCUT2D eigenvalue weighted by molar-refractivity contribution is 0.230. The van der Waals surface area contributed by atoms with E-state index in [1.54, 1.807) is 0 Å². The molecule has 0 atom stereocenters. The van der Waals surface area contributed by atoms with Crippen LogP contribution in [0.3, 0.4) is 0 Å². The minimum atomic E-state index is 0.0878. The number of nitrogens with two attached hydrogens (primary N) is 1. The summed E-state index contributed by atoms with van der Waals surface area (Å²) in [4.78, 5) is 6.27. The highest BCUT2D eigenvalue weighted by atomic mass is 16.5. The first-order valence-electron chi connectivity index (χ1n) is 5.14. The molecule has 0 heterocycles. The van der Waals surface area contributed by atoms with Crippen LogP contribution in [-0.4, -0.2) is 42.2 Å². The third-order valence-electron chi connectivity index (χ3n) is 2.80. The van der Waals surface area contributed by atoms with E-state index in [0.717, 1.165) is 6.54 Å². The Bertz CT molecular complexity index is 189. The average molecular weight is 200 g/mol. The first-order valence-corrected chi connectivity index (χ1v) is 5.14. The maximum absolute atomic E-state index is 8.39. The first kappa shape index (κ1) is 11.3. The van der Waals surface area contributed by atoms with E-state index in [-0.39, 0.29) is 5.96 Å². The smallest absolute Gasteiger partial charge is 0.212 e. The Morgan fingerprint density at radius 1 is 1.57 bits per heavy atom. The summed E-state index contributed by atoms with van der Waals surface area (Å²) < 4.78 is 0. The van der Waals surface area contributed by atoms with Gasteiger partial charge in [0.2, 0.25) is 5.96 Å². The number of guanidine groups is 1. The molecule has 0 aliphatic heterocycles. The molecule has 0 saturated heterocycles. The maximum atomic E-state index is 8.39. The normalized spacial score (nSPS) is 19.2. The summed E-state index contributed by atoms with van der Waals surface area (Å²) in [5, 5.41) is 8.39. The van der Waals surface area contributed by atoms with Gasteiger partial charge in [0.05, 0.1) is 6.54 Å². The molecule has 0 aromatic rings. The van der Waals surface area contributed by atoms with Gasteiger partial charge in [-0.1, -0.05) is 12.8 Å². The molecule has 1 rings (SSSR count). The Balaban J connectivity index is 2.17. The summed E-state index contributed by atoms with van der Waals surface area (Å²) in [6, 6.07) is 0.716. The monoisotopic (exact) mass is 200 g/mol. The van der Waals surface area contributed by atoms with Gasteiger partial charge >= 0.3 is 0 Å². The van der Waals surface area contributed by atoms with Crippen LogP contribution in [0.4, 0.5) is 0 Å². The van der Waals surface area contributed by atoms with Gasteiger partial charge in [0, 0.05) is 12.6 Å². The topological polar surface area (TPSA) is 73.9 Å². The van der Waals surface area contributed by atoms with E-state index >= 15 is 0 Å². The molecule has 0 aromatic carbocycles. The van der Waals surface area contributed by atoms with E-state index in [1.165, 1.54) is 25.7 Å². The van der Waals surface area contributed by atoms with Crippen LogP contribution in [0.5, 0.6) is 0 Å². The number of hydrogen-bond donors (Lipinski definition) is 3. The molecule has 5 nitrogen and oxygen atoms in total. The molecule has 4 N–H and O–H groups in total. The zero-order valence-corrected chi connectivity index (χ0v) is 8.74. The molecule has 0 spiro atoms. The fraction of sp³-hybridized carbons (Fsp3) is 0.889. The second-order valence-corrected chi connectivity index (χ2v) is 3.80. The van der Waals surface area contributed by atoms with Gasteiger partial charge in [0.1, 0.15) is 0 Å². The van der Waals surface area contributed by atoms with Crippen molar-refractivity contribution < 1.29 is 5.21 Å². The van der Waals surface area contributed by atoms with Crippen LogP contribution in [0.15, 0.2) is 4.99 Å². The van der Waals surface area contributed by atoms with Crippen molar-refractivity contribution in [1.82, 2.24) is 10.4 Å². The van der Waals surface area contributed by atoms with Crippen LogP contribution in [0.1, 0.15) is 25.7 Å². The van der Waals surface area contributed by atoms with E-state index in [9.17, 15) is 0 Å². The molecule has 5 heteroatoms. The molecule has 1 aliphatic rings. The summed E-state index contributed by atoms with van der Waals surface area (Å²) in [5.41, 5.74) is 7.10. The van der Waals surface area contributed by atoms with Crippen molar-refractivity contribution >= 4 is 5.96 Å². The van der Waals surface area contributed by atoms with Crippen LogP contribution < -0.4 is 11.2 Å². The number of rotatable bonds is 4. The molecule has 1 fully saturated rings. The molecule has 0 amide bonds. The highest BCUT2D eigenvalue weighted by molar-refractivity contribution is 5.76. The van der Waals surface area contributed by atoms with Gasteiger partial charge in [-0.3, -0.25) is 10.2 Å². The maximum Gasteiger partial charge on any atom is 0.212 e. The van der Waals surface area contributed by atoms with Gasteiger partial charge in [0.15, 0.2) is 0 Å². The molecule has 0 radical (unpaired) electrons. The lowest BCUT2D eigenvalue weighted by Gasteiger charge is -2.22. The number of nitrogens with one attached hydrogen (secondary N) is 1. The number of aliphatic imine (C=N–C) groups is 1. The lowest BCUT2D eigenvalue weighted by Crippen LogP contribution is -2.33. The third-order valence-corrected chi connectivity index (χ3v) is 2.80. The number of likely N-dealkylation sites (N-methyl/N-ethyl adjacent to an activating group) is 1. The van der Waals surface area contributed by atoms with Crippen LogP contribution >= 0.6 is 0 Å². The minimum Gasteiger partial charge on any atom is -0.368 e. The van der Waals surface area contributed by atoms with E-state index in [0.29, 0.717) is 12.6 Å². The molecule has 14 heavy (non-hydrogen) atoms. The fourth-order valence-electron chi connectivity index (χ4n) is 1.89. The van der Waals surface area contributed by atoms with Crippen LogP contribution in [0.25, 0.3) is 0 Å². The molecule has 0 bridgehead atoms. The van der Waals surface area contributed by atoms with Crippen molar-refractivity contribution in [1.29, 1.82) is 0 Å². The Kier molecular flexibility index (Phi) is 4.69. The van der Waals surface area contributed by atoms with E-state index in [2.05, 4.69) is 16.9 Å². The molecule has 1 aliphatic carbocycles. The van der Waals surface area contributed by atoms with Crippen molar-refractivity contribution in [3.05, 3.63) is 0 Å². The molecule has 1 saturated carbocycles. The van der Waals surface area contributed by atoms with Gasteiger partial charge in [-0.05, 0) is 19.9 Å². The predicted molar refractivity (Wildman–Crippen MR) is 56.3 cm³/mol. The van der Waals surface area contributed by atoms with Crippen LogP contribution in [-0.2, 0) is 0 Å². The minimum absolute atomic E-state index is 0.0878. The average Bonchev–Trinajstić information content (AvgIpc) is 2.70. The van der Waals surface area contributed by atoms with Gasteiger partial charge in [-0.25, -0.2) is 5.48 Å². The summed E-state index contributed by atoms with van der Waals surface area (Å²) in [6.45, 7) is 1.53. The van der Waals surface area contributed by atoms with Crippen LogP contribution in [0.2, 0.25) is 0 Å². The summed E-state index contributed by atoms with van der Waals surface area (Å²) >= 11 is 0. The Morgan fingerprint density at radius 2 is 2.21 bits per heavy atom. The molecule has 82 valence electrons. The second kappa shape index (κ2) is 5.82. The van der Waals surface area contributed by atoms with Gasteiger partial charge < -0.3 is 10.6 Å².